The van der Waals surface area contributed by atoms with E-state index in [-0.39, 0.29) is 24.0 Å². The Morgan fingerprint density at radius 1 is 1.03 bits per heavy atom. The van der Waals surface area contributed by atoms with E-state index >= 15 is 0 Å². The number of fused-ring (bicyclic) bond motifs is 1. The van der Waals surface area contributed by atoms with E-state index in [1.165, 1.54) is 18.9 Å². The number of nitrogens with zero attached hydrogens (tertiary/aromatic N) is 3. The molecular weight excluding hydrogens is 522 g/mol. The van der Waals surface area contributed by atoms with Crippen molar-refractivity contribution in [3.8, 4) is 0 Å². The second kappa shape index (κ2) is 10.4. The van der Waals surface area contributed by atoms with Gasteiger partial charge in [-0.15, -0.1) is 0 Å². The number of carbonyl (C=O) groups is 1. The van der Waals surface area contributed by atoms with Crippen LogP contribution in [0.4, 0.5) is 17.3 Å². The summed E-state index contributed by atoms with van der Waals surface area (Å²) in [6, 6.07) is 8.15. The minimum atomic E-state index is -3.84. The number of aliphatic hydroxyl groups excluding tert-OH is 1. The molecule has 3 fully saturated rings. The average molecular weight is 556 g/mol. The fourth-order valence-corrected chi connectivity index (χ4v) is 6.53. The molecular formula is C27H33N5O6S. The van der Waals surface area contributed by atoms with Crippen molar-refractivity contribution in [2.45, 2.75) is 30.6 Å². The van der Waals surface area contributed by atoms with Crippen molar-refractivity contribution in [2.24, 2.45) is 5.41 Å². The number of benzene rings is 1. The van der Waals surface area contributed by atoms with Crippen LogP contribution in [-0.4, -0.2) is 77.0 Å². The first kappa shape index (κ1) is 26.1. The number of furan rings is 1. The Bertz CT molecular complexity index is 1470. The summed E-state index contributed by atoms with van der Waals surface area (Å²) in [6.07, 6.45) is 6.13. The molecule has 2 aromatic heterocycles. The summed E-state index contributed by atoms with van der Waals surface area (Å²) in [5.74, 6) is 0.670. The SMILES string of the molecule is O=C(Nc1cc2ccoc2c(N2CCOCC2)n1)c1ccc(S(=O)(=O)NCCO)cc1N1CCC2(CC1)CC2. The molecule has 0 unspecified atom stereocenters. The summed E-state index contributed by atoms with van der Waals surface area (Å²) < 4.78 is 39.2. The monoisotopic (exact) mass is 555 g/mol. The lowest BCUT2D eigenvalue weighted by Crippen LogP contribution is -2.37. The number of rotatable bonds is 8. The van der Waals surface area contributed by atoms with Gasteiger partial charge in [0.15, 0.2) is 11.4 Å². The molecule has 39 heavy (non-hydrogen) atoms. The van der Waals surface area contributed by atoms with Gasteiger partial charge in [0, 0.05) is 38.1 Å². The number of aliphatic hydroxyl groups is 1. The van der Waals surface area contributed by atoms with Gasteiger partial charge in [-0.05, 0) is 61.4 Å². The van der Waals surface area contributed by atoms with Gasteiger partial charge in [0.25, 0.3) is 5.91 Å². The number of nitrogens with one attached hydrogen (secondary N) is 2. The lowest BCUT2D eigenvalue weighted by atomic mass is 9.93. The molecule has 3 aliphatic rings. The van der Waals surface area contributed by atoms with Crippen molar-refractivity contribution in [3.63, 3.8) is 0 Å². The molecule has 0 atom stereocenters. The predicted octanol–water partition coefficient (Wildman–Crippen LogP) is 2.57. The fourth-order valence-electron chi connectivity index (χ4n) is 5.49. The van der Waals surface area contributed by atoms with Gasteiger partial charge < -0.3 is 29.4 Å². The summed E-state index contributed by atoms with van der Waals surface area (Å²) in [5.41, 5.74) is 2.03. The molecule has 208 valence electrons. The van der Waals surface area contributed by atoms with Crippen LogP contribution in [0, 0.1) is 5.41 Å². The number of hydrogen-bond donors (Lipinski definition) is 3. The van der Waals surface area contributed by atoms with Crippen molar-refractivity contribution in [3.05, 3.63) is 42.2 Å². The second-order valence-corrected chi connectivity index (χ2v) is 12.3. The molecule has 1 aromatic carbocycles. The second-order valence-electron chi connectivity index (χ2n) is 10.5. The predicted molar refractivity (Wildman–Crippen MR) is 147 cm³/mol. The van der Waals surface area contributed by atoms with Crippen LogP contribution in [0.1, 0.15) is 36.0 Å². The molecule has 0 radical (unpaired) electrons. The molecule has 1 aliphatic carbocycles. The van der Waals surface area contributed by atoms with Crippen molar-refractivity contribution < 1.29 is 27.5 Å². The van der Waals surface area contributed by atoms with Crippen LogP contribution < -0.4 is 19.8 Å². The number of sulfonamides is 1. The van der Waals surface area contributed by atoms with Gasteiger partial charge in [-0.25, -0.2) is 18.1 Å². The average Bonchev–Trinajstić information content (AvgIpc) is 3.53. The molecule has 3 N–H and O–H groups in total. The number of morpholine rings is 1. The molecule has 1 saturated carbocycles. The fraction of sp³-hybridized carbons (Fsp3) is 0.481. The molecule has 2 saturated heterocycles. The van der Waals surface area contributed by atoms with Crippen LogP contribution in [0.15, 0.2) is 45.9 Å². The number of pyridine rings is 1. The number of hydrogen-bond acceptors (Lipinski definition) is 9. The van der Waals surface area contributed by atoms with E-state index in [0.717, 1.165) is 31.3 Å². The molecule has 1 amide bonds. The van der Waals surface area contributed by atoms with E-state index < -0.39 is 10.0 Å². The van der Waals surface area contributed by atoms with E-state index in [0.29, 0.717) is 60.2 Å². The Morgan fingerprint density at radius 2 is 1.79 bits per heavy atom. The van der Waals surface area contributed by atoms with Crippen LogP contribution >= 0.6 is 0 Å². The normalized spacial score (nSPS) is 19.0. The molecule has 3 aromatic rings. The van der Waals surface area contributed by atoms with E-state index in [2.05, 4.69) is 19.8 Å². The molecule has 11 nitrogen and oxygen atoms in total. The summed E-state index contributed by atoms with van der Waals surface area (Å²) in [6.45, 7) is 3.64. The highest BCUT2D eigenvalue weighted by molar-refractivity contribution is 7.89. The lowest BCUT2D eigenvalue weighted by Gasteiger charge is -2.35. The third kappa shape index (κ3) is 5.33. The third-order valence-corrected chi connectivity index (χ3v) is 9.48. The maximum Gasteiger partial charge on any atom is 0.258 e. The third-order valence-electron chi connectivity index (χ3n) is 8.02. The standard InChI is InChI=1S/C27H33N5O6S/c33-13-8-28-39(35,36)20-1-2-21(22(18-20)31-9-6-27(4-5-27)7-10-31)26(34)30-23-17-19-3-14-38-24(19)25(29-23)32-11-15-37-16-12-32/h1-3,14,17-18,28,33H,4-13,15-16H2,(H,29,30,34). The highest BCUT2D eigenvalue weighted by atomic mass is 32.2. The van der Waals surface area contributed by atoms with Crippen molar-refractivity contribution in [1.82, 2.24) is 9.71 Å². The lowest BCUT2D eigenvalue weighted by molar-refractivity contribution is 0.102. The van der Waals surface area contributed by atoms with Crippen LogP contribution in [0.3, 0.4) is 0 Å². The number of piperidine rings is 1. The van der Waals surface area contributed by atoms with Crippen molar-refractivity contribution in [2.75, 3.05) is 67.7 Å². The molecule has 6 rings (SSSR count). The summed E-state index contributed by atoms with van der Waals surface area (Å²) >= 11 is 0. The number of ether oxygens (including phenoxy) is 1. The molecule has 12 heteroatoms. The minimum absolute atomic E-state index is 0.0572. The maximum absolute atomic E-state index is 13.7. The van der Waals surface area contributed by atoms with Gasteiger partial charge >= 0.3 is 0 Å². The van der Waals surface area contributed by atoms with E-state index in [1.54, 1.807) is 24.5 Å². The van der Waals surface area contributed by atoms with Crippen molar-refractivity contribution in [1.29, 1.82) is 0 Å². The number of amides is 1. The summed E-state index contributed by atoms with van der Waals surface area (Å²) in [7, 11) is -3.84. The van der Waals surface area contributed by atoms with Crippen LogP contribution in [-0.2, 0) is 14.8 Å². The van der Waals surface area contributed by atoms with E-state index in [1.807, 2.05) is 6.07 Å². The first-order chi connectivity index (χ1) is 18.9. The van der Waals surface area contributed by atoms with Gasteiger partial charge in [-0.2, -0.15) is 0 Å². The Labute approximate surface area is 227 Å². The van der Waals surface area contributed by atoms with Crippen LogP contribution in [0.25, 0.3) is 11.0 Å². The highest BCUT2D eigenvalue weighted by Gasteiger charge is 2.44. The van der Waals surface area contributed by atoms with E-state index in [9.17, 15) is 13.2 Å². The summed E-state index contributed by atoms with van der Waals surface area (Å²) in [5, 5.41) is 12.9. The number of aromatic nitrogens is 1. The molecule has 2 aliphatic heterocycles. The van der Waals surface area contributed by atoms with Crippen LogP contribution in [0.5, 0.6) is 0 Å². The van der Waals surface area contributed by atoms with Crippen molar-refractivity contribution >= 4 is 44.2 Å². The Kier molecular flexibility index (Phi) is 6.96. The van der Waals surface area contributed by atoms with Gasteiger partial charge in [0.1, 0.15) is 5.82 Å². The first-order valence-electron chi connectivity index (χ1n) is 13.4. The minimum Gasteiger partial charge on any atom is -0.460 e. The molecule has 0 bridgehead atoms. The Morgan fingerprint density at radius 3 is 2.51 bits per heavy atom. The van der Waals surface area contributed by atoms with Gasteiger partial charge in [-0.3, -0.25) is 4.79 Å². The summed E-state index contributed by atoms with van der Waals surface area (Å²) in [4.78, 5) is 22.6. The van der Waals surface area contributed by atoms with Gasteiger partial charge in [-0.1, -0.05) is 0 Å². The number of anilines is 3. The molecule has 4 heterocycles. The zero-order chi connectivity index (χ0) is 27.0. The first-order valence-corrected chi connectivity index (χ1v) is 14.9. The Hall–Kier alpha value is -3.19. The quantitative estimate of drug-likeness (QED) is 0.383. The Balaban J connectivity index is 1.32. The highest BCUT2D eigenvalue weighted by Crippen LogP contribution is 2.54. The van der Waals surface area contributed by atoms with Crippen LogP contribution in [0.2, 0.25) is 0 Å². The number of carbonyl (C=O) groups excluding carboxylic acids is 1. The zero-order valence-electron chi connectivity index (χ0n) is 21.7. The van der Waals surface area contributed by atoms with Gasteiger partial charge in [0.2, 0.25) is 10.0 Å². The zero-order valence-corrected chi connectivity index (χ0v) is 22.5. The molecule has 1 spiro atoms. The van der Waals surface area contributed by atoms with E-state index in [4.69, 9.17) is 19.2 Å². The van der Waals surface area contributed by atoms with Gasteiger partial charge in [0.05, 0.1) is 42.2 Å². The topological polar surface area (TPSA) is 137 Å². The smallest absolute Gasteiger partial charge is 0.258 e. The largest absolute Gasteiger partial charge is 0.460 e. The maximum atomic E-state index is 13.7.